The number of aromatic nitrogens is 1. The number of hydrogen-bond acceptors (Lipinski definition) is 5. The smallest absolute Gasteiger partial charge is 0.253 e. The molecule has 1 aliphatic rings. The van der Waals surface area contributed by atoms with E-state index in [4.69, 9.17) is 9.26 Å². The zero-order chi connectivity index (χ0) is 18.7. The van der Waals surface area contributed by atoms with Gasteiger partial charge in [-0.05, 0) is 52.0 Å². The highest BCUT2D eigenvalue weighted by molar-refractivity contribution is 5.94. The summed E-state index contributed by atoms with van der Waals surface area (Å²) in [7, 11) is 0. The second-order valence-corrected chi connectivity index (χ2v) is 7.06. The summed E-state index contributed by atoms with van der Waals surface area (Å²) in [6.07, 6.45) is 0.127. The van der Waals surface area contributed by atoms with Crippen molar-refractivity contribution in [2.45, 2.75) is 40.3 Å². The van der Waals surface area contributed by atoms with Crippen LogP contribution >= 0.6 is 0 Å². The maximum Gasteiger partial charge on any atom is 0.253 e. The van der Waals surface area contributed by atoms with Crippen molar-refractivity contribution in [2.75, 3.05) is 26.2 Å². The van der Waals surface area contributed by atoms with Crippen LogP contribution in [0.1, 0.15) is 41.2 Å². The Labute approximate surface area is 154 Å². The molecule has 1 amide bonds. The number of benzene rings is 1. The Hall–Kier alpha value is -2.34. The maximum atomic E-state index is 12.7. The minimum absolute atomic E-state index is 0.0816. The van der Waals surface area contributed by atoms with E-state index in [2.05, 4.69) is 10.1 Å². The summed E-state index contributed by atoms with van der Waals surface area (Å²) in [5.74, 6) is 1.75. The van der Waals surface area contributed by atoms with Gasteiger partial charge in [-0.3, -0.25) is 9.69 Å². The minimum Gasteiger partial charge on any atom is -0.491 e. The van der Waals surface area contributed by atoms with E-state index in [-0.39, 0.29) is 12.0 Å². The molecule has 2 heterocycles. The third-order valence-corrected chi connectivity index (χ3v) is 4.70. The molecule has 1 aliphatic heterocycles. The lowest BCUT2D eigenvalue weighted by molar-refractivity contribution is 0.0627. The van der Waals surface area contributed by atoms with Gasteiger partial charge in [0.15, 0.2) is 0 Å². The van der Waals surface area contributed by atoms with Crippen LogP contribution in [0.4, 0.5) is 0 Å². The van der Waals surface area contributed by atoms with E-state index in [1.807, 2.05) is 56.9 Å². The molecular formula is C20H27N3O3. The summed E-state index contributed by atoms with van der Waals surface area (Å²) in [5.41, 5.74) is 2.82. The topological polar surface area (TPSA) is 58.8 Å². The van der Waals surface area contributed by atoms with Gasteiger partial charge in [-0.1, -0.05) is 5.16 Å². The zero-order valence-electron chi connectivity index (χ0n) is 16.0. The number of hydrogen-bond donors (Lipinski definition) is 0. The van der Waals surface area contributed by atoms with Crippen LogP contribution in [0.5, 0.6) is 5.75 Å². The number of nitrogens with zero attached hydrogens (tertiary/aromatic N) is 3. The average Bonchev–Trinajstić information content (AvgIpc) is 2.94. The Morgan fingerprint density at radius 1 is 1.15 bits per heavy atom. The van der Waals surface area contributed by atoms with Crippen molar-refractivity contribution in [2.24, 2.45) is 0 Å². The summed E-state index contributed by atoms with van der Waals surface area (Å²) in [6, 6.07) is 7.41. The van der Waals surface area contributed by atoms with Gasteiger partial charge in [0.05, 0.1) is 11.8 Å². The summed E-state index contributed by atoms with van der Waals surface area (Å²) in [4.78, 5) is 17.0. The largest absolute Gasteiger partial charge is 0.491 e. The first-order valence-corrected chi connectivity index (χ1v) is 9.14. The van der Waals surface area contributed by atoms with Crippen LogP contribution in [0.3, 0.4) is 0 Å². The molecule has 6 nitrogen and oxygen atoms in total. The van der Waals surface area contributed by atoms with Crippen LogP contribution in [0.2, 0.25) is 0 Å². The molecule has 0 radical (unpaired) electrons. The maximum absolute atomic E-state index is 12.7. The summed E-state index contributed by atoms with van der Waals surface area (Å²) in [5, 5.41) is 4.01. The molecule has 0 unspecified atom stereocenters. The number of amides is 1. The summed E-state index contributed by atoms with van der Waals surface area (Å²) < 4.78 is 10.9. The fraction of sp³-hybridized carbons (Fsp3) is 0.500. The highest BCUT2D eigenvalue weighted by atomic mass is 16.5. The fourth-order valence-corrected chi connectivity index (χ4v) is 3.19. The number of ether oxygens (including phenoxy) is 1. The fourth-order valence-electron chi connectivity index (χ4n) is 3.19. The van der Waals surface area contributed by atoms with E-state index >= 15 is 0 Å². The molecule has 0 saturated carbocycles. The first kappa shape index (κ1) is 18.5. The summed E-state index contributed by atoms with van der Waals surface area (Å²) >= 11 is 0. The molecular weight excluding hydrogens is 330 g/mol. The lowest BCUT2D eigenvalue weighted by atomic mass is 10.1. The van der Waals surface area contributed by atoms with Crippen molar-refractivity contribution in [3.05, 3.63) is 46.8 Å². The minimum atomic E-state index is 0.0816. The third-order valence-electron chi connectivity index (χ3n) is 4.70. The van der Waals surface area contributed by atoms with Crippen LogP contribution in [0, 0.1) is 13.8 Å². The normalized spacial score (nSPS) is 15.5. The molecule has 1 saturated heterocycles. The van der Waals surface area contributed by atoms with E-state index in [9.17, 15) is 4.79 Å². The number of carbonyl (C=O) groups is 1. The van der Waals surface area contributed by atoms with Gasteiger partial charge in [-0.25, -0.2) is 0 Å². The predicted octanol–water partition coefficient (Wildman–Crippen LogP) is 3.04. The molecule has 2 aromatic rings. The van der Waals surface area contributed by atoms with Gasteiger partial charge in [-0.15, -0.1) is 0 Å². The van der Waals surface area contributed by atoms with E-state index in [0.717, 1.165) is 55.5 Å². The number of aryl methyl sites for hydroxylation is 2. The first-order valence-electron chi connectivity index (χ1n) is 9.14. The van der Waals surface area contributed by atoms with Crippen molar-refractivity contribution in [3.63, 3.8) is 0 Å². The Balaban J connectivity index is 1.55. The molecule has 26 heavy (non-hydrogen) atoms. The van der Waals surface area contributed by atoms with E-state index in [0.29, 0.717) is 5.56 Å². The standard InChI is InChI=1S/C20H27N3O3/c1-14(2)25-18-7-5-17(6-8-18)20(24)23-11-9-22(10-12-23)13-19-15(3)21-26-16(19)4/h5-8,14H,9-13H2,1-4H3. The van der Waals surface area contributed by atoms with E-state index in [1.54, 1.807) is 0 Å². The number of piperazine rings is 1. The molecule has 1 aromatic heterocycles. The highest BCUT2D eigenvalue weighted by Crippen LogP contribution is 2.18. The van der Waals surface area contributed by atoms with Crippen LogP contribution in [0.15, 0.2) is 28.8 Å². The van der Waals surface area contributed by atoms with Crippen LogP contribution in [0.25, 0.3) is 0 Å². The number of carbonyl (C=O) groups excluding carboxylic acids is 1. The van der Waals surface area contributed by atoms with Gasteiger partial charge in [0.2, 0.25) is 0 Å². The van der Waals surface area contributed by atoms with Crippen molar-refractivity contribution in [3.8, 4) is 5.75 Å². The Bertz CT molecular complexity index is 725. The van der Waals surface area contributed by atoms with Crippen molar-refractivity contribution in [1.29, 1.82) is 0 Å². The van der Waals surface area contributed by atoms with Crippen LogP contribution in [-0.2, 0) is 6.54 Å². The SMILES string of the molecule is Cc1noc(C)c1CN1CCN(C(=O)c2ccc(OC(C)C)cc2)CC1. The molecule has 3 rings (SSSR count). The summed E-state index contributed by atoms with van der Waals surface area (Å²) in [6.45, 7) is 11.9. The van der Waals surface area contributed by atoms with Crippen molar-refractivity contribution in [1.82, 2.24) is 15.0 Å². The highest BCUT2D eigenvalue weighted by Gasteiger charge is 2.23. The third kappa shape index (κ3) is 4.25. The molecule has 0 bridgehead atoms. The lowest BCUT2D eigenvalue weighted by Crippen LogP contribution is -2.48. The lowest BCUT2D eigenvalue weighted by Gasteiger charge is -2.34. The molecule has 0 aliphatic carbocycles. The first-order chi connectivity index (χ1) is 12.4. The average molecular weight is 357 g/mol. The van der Waals surface area contributed by atoms with Gasteiger partial charge >= 0.3 is 0 Å². The molecule has 0 spiro atoms. The molecule has 140 valence electrons. The van der Waals surface area contributed by atoms with E-state index in [1.165, 1.54) is 0 Å². The van der Waals surface area contributed by atoms with Gasteiger partial charge in [0.1, 0.15) is 11.5 Å². The molecule has 1 fully saturated rings. The molecule has 6 heteroatoms. The second kappa shape index (κ2) is 7.91. The molecule has 1 aromatic carbocycles. The number of rotatable bonds is 5. The molecule has 0 atom stereocenters. The van der Waals surface area contributed by atoms with Crippen LogP contribution in [-0.4, -0.2) is 53.1 Å². The van der Waals surface area contributed by atoms with Gasteiger partial charge < -0.3 is 14.2 Å². The Morgan fingerprint density at radius 3 is 2.35 bits per heavy atom. The monoisotopic (exact) mass is 357 g/mol. The van der Waals surface area contributed by atoms with E-state index < -0.39 is 0 Å². The van der Waals surface area contributed by atoms with Crippen LogP contribution < -0.4 is 4.74 Å². The second-order valence-electron chi connectivity index (χ2n) is 7.06. The van der Waals surface area contributed by atoms with Gasteiger partial charge in [-0.2, -0.15) is 0 Å². The molecule has 0 N–H and O–H groups in total. The predicted molar refractivity (Wildman–Crippen MR) is 99.4 cm³/mol. The zero-order valence-corrected chi connectivity index (χ0v) is 16.0. The van der Waals surface area contributed by atoms with Gasteiger partial charge in [0.25, 0.3) is 5.91 Å². The Morgan fingerprint density at radius 2 is 1.81 bits per heavy atom. The Kier molecular flexibility index (Phi) is 5.61. The van der Waals surface area contributed by atoms with Gasteiger partial charge in [0, 0.05) is 43.9 Å². The quantitative estimate of drug-likeness (QED) is 0.823. The van der Waals surface area contributed by atoms with Crippen molar-refractivity contribution < 1.29 is 14.1 Å². The van der Waals surface area contributed by atoms with Crippen molar-refractivity contribution >= 4 is 5.91 Å².